The molecule has 3 heteroatoms. The smallest absolute Gasteiger partial charge is 0.335 e. The van der Waals surface area contributed by atoms with Gasteiger partial charge in [-0.3, -0.25) is 0 Å². The van der Waals surface area contributed by atoms with Gasteiger partial charge in [-0.15, -0.1) is 0 Å². The Balaban J connectivity index is 2.31. The molecular formula is C13H15FO2. The minimum Gasteiger partial charge on any atom is -0.478 e. The van der Waals surface area contributed by atoms with E-state index in [1.54, 1.807) is 19.1 Å². The molecule has 0 amide bonds. The van der Waals surface area contributed by atoms with Crippen LogP contribution in [0.15, 0.2) is 24.3 Å². The molecule has 1 saturated carbocycles. The van der Waals surface area contributed by atoms with E-state index in [2.05, 4.69) is 0 Å². The van der Waals surface area contributed by atoms with Crippen molar-refractivity contribution < 1.29 is 14.3 Å². The highest BCUT2D eigenvalue weighted by Gasteiger charge is 2.39. The zero-order chi connectivity index (χ0) is 11.8. The first-order valence-corrected chi connectivity index (χ1v) is 5.54. The fourth-order valence-corrected chi connectivity index (χ4v) is 2.14. The molecule has 0 spiro atoms. The quantitative estimate of drug-likeness (QED) is 0.851. The van der Waals surface area contributed by atoms with Crippen molar-refractivity contribution in [3.63, 3.8) is 0 Å². The molecule has 1 unspecified atom stereocenters. The molecule has 1 aliphatic carbocycles. The summed E-state index contributed by atoms with van der Waals surface area (Å²) in [5.41, 5.74) is -0.762. The number of carboxylic acids is 1. The SMILES string of the molecule is CC(F)(c1cccc(C(=O)O)c1)C1CCC1. The van der Waals surface area contributed by atoms with Gasteiger partial charge in [-0.1, -0.05) is 18.6 Å². The topological polar surface area (TPSA) is 37.3 Å². The van der Waals surface area contributed by atoms with E-state index in [-0.39, 0.29) is 11.5 Å². The molecule has 0 bridgehead atoms. The zero-order valence-electron chi connectivity index (χ0n) is 9.24. The molecule has 0 radical (unpaired) electrons. The molecule has 1 aliphatic rings. The van der Waals surface area contributed by atoms with Crippen LogP contribution in [0.25, 0.3) is 0 Å². The summed E-state index contributed by atoms with van der Waals surface area (Å²) in [6.45, 7) is 1.55. The van der Waals surface area contributed by atoms with Crippen LogP contribution in [0.1, 0.15) is 42.1 Å². The van der Waals surface area contributed by atoms with Crippen LogP contribution in [0.2, 0.25) is 0 Å². The van der Waals surface area contributed by atoms with Crippen molar-refractivity contribution >= 4 is 5.97 Å². The van der Waals surface area contributed by atoms with Crippen LogP contribution >= 0.6 is 0 Å². The van der Waals surface area contributed by atoms with E-state index in [0.29, 0.717) is 5.56 Å². The Labute approximate surface area is 94.1 Å². The summed E-state index contributed by atoms with van der Waals surface area (Å²) in [6.07, 6.45) is 2.86. The normalized spacial score (nSPS) is 19.9. The second-order valence-corrected chi connectivity index (χ2v) is 4.59. The number of hydrogen-bond acceptors (Lipinski definition) is 1. The minimum absolute atomic E-state index is 0.0385. The molecule has 2 rings (SSSR count). The molecule has 0 aliphatic heterocycles. The fraction of sp³-hybridized carbons (Fsp3) is 0.462. The van der Waals surface area contributed by atoms with Crippen molar-refractivity contribution in [1.29, 1.82) is 0 Å². The van der Waals surface area contributed by atoms with E-state index in [1.807, 2.05) is 0 Å². The summed E-state index contributed by atoms with van der Waals surface area (Å²) >= 11 is 0. The Bertz CT molecular complexity index is 408. The Morgan fingerprint density at radius 3 is 2.69 bits per heavy atom. The van der Waals surface area contributed by atoms with Gasteiger partial charge in [0.25, 0.3) is 0 Å². The molecule has 1 atom stereocenters. The molecule has 0 saturated heterocycles. The first-order chi connectivity index (χ1) is 7.51. The van der Waals surface area contributed by atoms with Crippen LogP contribution in [-0.4, -0.2) is 11.1 Å². The minimum atomic E-state index is -1.40. The molecule has 16 heavy (non-hydrogen) atoms. The maximum atomic E-state index is 14.5. The first kappa shape index (κ1) is 11.1. The fourth-order valence-electron chi connectivity index (χ4n) is 2.14. The van der Waals surface area contributed by atoms with Gasteiger partial charge in [0, 0.05) is 0 Å². The molecular weight excluding hydrogens is 207 g/mol. The molecule has 1 fully saturated rings. The number of alkyl halides is 1. The second kappa shape index (κ2) is 3.89. The van der Waals surface area contributed by atoms with Crippen molar-refractivity contribution in [2.75, 3.05) is 0 Å². The average Bonchev–Trinajstić information content (AvgIpc) is 2.14. The molecule has 1 aromatic rings. The van der Waals surface area contributed by atoms with Crippen LogP contribution in [0, 0.1) is 5.92 Å². The molecule has 1 aromatic carbocycles. The standard InChI is InChI=1S/C13H15FO2/c1-13(14,10-5-3-6-10)11-7-2-4-9(8-11)12(15)16/h2,4,7-8,10H,3,5-6H2,1H3,(H,15,16). The lowest BCUT2D eigenvalue weighted by Crippen LogP contribution is -2.32. The molecule has 0 heterocycles. The lowest BCUT2D eigenvalue weighted by Gasteiger charge is -2.37. The van der Waals surface area contributed by atoms with Crippen LogP contribution in [0.4, 0.5) is 4.39 Å². The maximum absolute atomic E-state index is 14.5. The number of carboxylic acid groups (broad SMARTS) is 1. The van der Waals surface area contributed by atoms with E-state index in [9.17, 15) is 9.18 Å². The molecule has 0 aromatic heterocycles. The van der Waals surface area contributed by atoms with Gasteiger partial charge >= 0.3 is 5.97 Å². The van der Waals surface area contributed by atoms with E-state index in [1.165, 1.54) is 12.1 Å². The number of benzene rings is 1. The van der Waals surface area contributed by atoms with Crippen LogP contribution in [-0.2, 0) is 5.67 Å². The van der Waals surface area contributed by atoms with E-state index < -0.39 is 11.6 Å². The highest BCUT2D eigenvalue weighted by atomic mass is 19.1. The number of hydrogen-bond donors (Lipinski definition) is 1. The van der Waals surface area contributed by atoms with Gasteiger partial charge in [0.2, 0.25) is 0 Å². The number of rotatable bonds is 3. The van der Waals surface area contributed by atoms with Crippen molar-refractivity contribution in [3.8, 4) is 0 Å². The highest BCUT2D eigenvalue weighted by Crippen LogP contribution is 2.45. The Kier molecular flexibility index (Phi) is 2.70. The monoisotopic (exact) mass is 222 g/mol. The van der Waals surface area contributed by atoms with E-state index in [4.69, 9.17) is 5.11 Å². The lowest BCUT2D eigenvalue weighted by molar-refractivity contribution is 0.0461. The van der Waals surface area contributed by atoms with Gasteiger partial charge in [0.1, 0.15) is 5.67 Å². The van der Waals surface area contributed by atoms with Crippen molar-refractivity contribution in [2.45, 2.75) is 31.9 Å². The largest absolute Gasteiger partial charge is 0.478 e. The van der Waals surface area contributed by atoms with Gasteiger partial charge in [0.15, 0.2) is 0 Å². The van der Waals surface area contributed by atoms with Crippen molar-refractivity contribution in [3.05, 3.63) is 35.4 Å². The number of aromatic carboxylic acids is 1. The predicted octanol–water partition coefficient (Wildman–Crippen LogP) is 3.37. The zero-order valence-corrected chi connectivity index (χ0v) is 9.24. The first-order valence-electron chi connectivity index (χ1n) is 5.54. The summed E-state index contributed by atoms with van der Waals surface area (Å²) in [5.74, 6) is -0.970. The van der Waals surface area contributed by atoms with Gasteiger partial charge < -0.3 is 5.11 Å². The average molecular weight is 222 g/mol. The maximum Gasteiger partial charge on any atom is 0.335 e. The van der Waals surface area contributed by atoms with Crippen molar-refractivity contribution in [1.82, 2.24) is 0 Å². The highest BCUT2D eigenvalue weighted by molar-refractivity contribution is 5.87. The number of halogens is 1. The Morgan fingerprint density at radius 2 is 2.19 bits per heavy atom. The van der Waals surface area contributed by atoms with Crippen LogP contribution in [0.3, 0.4) is 0 Å². The third-order valence-electron chi connectivity index (χ3n) is 3.55. The predicted molar refractivity (Wildman–Crippen MR) is 59.2 cm³/mol. The van der Waals surface area contributed by atoms with Gasteiger partial charge in [-0.2, -0.15) is 0 Å². The van der Waals surface area contributed by atoms with Gasteiger partial charge in [-0.05, 0) is 43.4 Å². The lowest BCUT2D eigenvalue weighted by atomic mass is 9.72. The van der Waals surface area contributed by atoms with Gasteiger partial charge in [0.05, 0.1) is 5.56 Å². The summed E-state index contributed by atoms with van der Waals surface area (Å²) in [5, 5.41) is 8.86. The van der Waals surface area contributed by atoms with Crippen LogP contribution in [0.5, 0.6) is 0 Å². The van der Waals surface area contributed by atoms with Gasteiger partial charge in [-0.25, -0.2) is 9.18 Å². The Morgan fingerprint density at radius 1 is 1.50 bits per heavy atom. The summed E-state index contributed by atoms with van der Waals surface area (Å²) < 4.78 is 14.5. The Hall–Kier alpha value is -1.38. The second-order valence-electron chi connectivity index (χ2n) is 4.59. The molecule has 86 valence electrons. The summed E-state index contributed by atoms with van der Waals surface area (Å²) in [7, 11) is 0. The van der Waals surface area contributed by atoms with Crippen LogP contribution < -0.4 is 0 Å². The summed E-state index contributed by atoms with van der Waals surface area (Å²) in [4.78, 5) is 10.8. The third kappa shape index (κ3) is 1.82. The molecule has 2 nitrogen and oxygen atoms in total. The third-order valence-corrected chi connectivity index (χ3v) is 3.55. The van der Waals surface area contributed by atoms with E-state index >= 15 is 0 Å². The summed E-state index contributed by atoms with van der Waals surface area (Å²) in [6, 6.07) is 6.21. The van der Waals surface area contributed by atoms with Crippen molar-refractivity contribution in [2.24, 2.45) is 5.92 Å². The number of carbonyl (C=O) groups is 1. The molecule has 1 N–H and O–H groups in total. The van der Waals surface area contributed by atoms with E-state index in [0.717, 1.165) is 19.3 Å².